The smallest absolute Gasteiger partial charge is 0.289 e. The van der Waals surface area contributed by atoms with Gasteiger partial charge >= 0.3 is 0 Å². The van der Waals surface area contributed by atoms with Crippen molar-refractivity contribution < 1.29 is 14.6 Å². The number of methoxy groups -OCH3 is 1. The summed E-state index contributed by atoms with van der Waals surface area (Å²) in [6.45, 7) is 3.49. The fourth-order valence-corrected chi connectivity index (χ4v) is 2.56. The average Bonchev–Trinajstić information content (AvgIpc) is 2.85. The molecule has 1 heterocycles. The zero-order valence-corrected chi connectivity index (χ0v) is 14.4. The third kappa shape index (κ3) is 3.43. The van der Waals surface area contributed by atoms with Gasteiger partial charge in [0, 0.05) is 15.7 Å². The molecule has 0 aliphatic rings. The molecule has 0 aliphatic carbocycles. The lowest BCUT2D eigenvalue weighted by atomic mass is 10.1. The molecular formula is C16H14BrN3O3. The predicted molar refractivity (Wildman–Crippen MR) is 88.3 cm³/mol. The molecule has 2 aromatic rings. The zero-order chi connectivity index (χ0) is 17.1. The number of nitrogens with zero attached hydrogens (tertiary/aromatic N) is 3. The number of hydrogen-bond donors (Lipinski definition) is 1. The van der Waals surface area contributed by atoms with Crippen LogP contribution in [0.4, 0.5) is 0 Å². The number of halogens is 1. The van der Waals surface area contributed by atoms with Crippen LogP contribution >= 0.6 is 15.9 Å². The Morgan fingerprint density at radius 2 is 2.13 bits per heavy atom. The highest BCUT2D eigenvalue weighted by molar-refractivity contribution is 9.10. The first-order chi connectivity index (χ1) is 10.9. The first-order valence-electron chi connectivity index (χ1n) is 6.63. The van der Waals surface area contributed by atoms with E-state index in [1.54, 1.807) is 32.0 Å². The number of hydrogen-bond acceptors (Lipinski definition) is 5. The number of rotatable bonds is 3. The molecule has 0 aliphatic heterocycles. The van der Waals surface area contributed by atoms with E-state index in [1.807, 2.05) is 6.07 Å². The van der Waals surface area contributed by atoms with Crippen molar-refractivity contribution in [1.82, 2.24) is 9.78 Å². The van der Waals surface area contributed by atoms with Crippen LogP contribution in [-0.4, -0.2) is 27.9 Å². The second-order valence-corrected chi connectivity index (χ2v) is 5.78. The number of aromatic hydroxyl groups is 1. The highest BCUT2D eigenvalue weighted by Crippen LogP contribution is 2.34. The maximum Gasteiger partial charge on any atom is 0.289 e. The lowest BCUT2D eigenvalue weighted by Gasteiger charge is -2.08. The van der Waals surface area contributed by atoms with Gasteiger partial charge in [-0.3, -0.25) is 4.79 Å². The molecule has 118 valence electrons. The first kappa shape index (κ1) is 16.8. The van der Waals surface area contributed by atoms with Crippen LogP contribution in [0.25, 0.3) is 6.08 Å². The van der Waals surface area contributed by atoms with Crippen LogP contribution in [0.3, 0.4) is 0 Å². The average molecular weight is 376 g/mol. The highest BCUT2D eigenvalue weighted by Gasteiger charge is 2.17. The van der Waals surface area contributed by atoms with Crippen molar-refractivity contribution in [2.75, 3.05) is 7.11 Å². The van der Waals surface area contributed by atoms with E-state index >= 15 is 0 Å². The van der Waals surface area contributed by atoms with Gasteiger partial charge in [-0.05, 0) is 38.1 Å². The van der Waals surface area contributed by atoms with Gasteiger partial charge in [0.1, 0.15) is 11.6 Å². The second-order valence-electron chi connectivity index (χ2n) is 4.86. The monoisotopic (exact) mass is 375 g/mol. The van der Waals surface area contributed by atoms with Crippen molar-refractivity contribution >= 4 is 27.9 Å². The number of phenolic OH excluding ortho intramolecular Hbond substituents is 1. The number of carbonyl (C=O) groups is 1. The molecule has 0 amide bonds. The van der Waals surface area contributed by atoms with Gasteiger partial charge in [0.25, 0.3) is 5.91 Å². The molecule has 0 fully saturated rings. The van der Waals surface area contributed by atoms with Crippen LogP contribution in [0.2, 0.25) is 0 Å². The fraction of sp³-hybridized carbons (Fsp3) is 0.188. The van der Waals surface area contributed by atoms with Gasteiger partial charge in [0.05, 0.1) is 12.8 Å². The number of carbonyl (C=O) groups excluding carboxylic acids is 1. The molecule has 0 saturated carbocycles. The number of allylic oxidation sites excluding steroid dienone is 1. The summed E-state index contributed by atoms with van der Waals surface area (Å²) in [7, 11) is 1.42. The van der Waals surface area contributed by atoms with Crippen molar-refractivity contribution in [3.63, 3.8) is 0 Å². The quantitative estimate of drug-likeness (QED) is 0.657. The summed E-state index contributed by atoms with van der Waals surface area (Å²) in [4.78, 5) is 12.5. The van der Waals surface area contributed by atoms with Gasteiger partial charge in [-0.2, -0.15) is 10.4 Å². The number of benzene rings is 1. The fourth-order valence-electron chi connectivity index (χ4n) is 2.11. The maximum absolute atomic E-state index is 12.5. The van der Waals surface area contributed by atoms with Crippen LogP contribution in [0, 0.1) is 25.2 Å². The SMILES string of the molecule is COc1cc(Br)cc(/C=C(\C#N)C(=O)n2nc(C)cc2C)c1O. The van der Waals surface area contributed by atoms with Gasteiger partial charge < -0.3 is 9.84 Å². The Morgan fingerprint density at radius 1 is 1.43 bits per heavy atom. The van der Waals surface area contributed by atoms with Crippen molar-refractivity contribution in [3.8, 4) is 17.6 Å². The molecular weight excluding hydrogens is 362 g/mol. The normalized spacial score (nSPS) is 11.2. The van der Waals surface area contributed by atoms with Crippen molar-refractivity contribution in [2.45, 2.75) is 13.8 Å². The molecule has 0 saturated heterocycles. The summed E-state index contributed by atoms with van der Waals surface area (Å²) in [6.07, 6.45) is 1.31. The lowest BCUT2D eigenvalue weighted by molar-refractivity contribution is 0.0944. The lowest BCUT2D eigenvalue weighted by Crippen LogP contribution is -2.15. The minimum absolute atomic E-state index is 0.147. The number of aromatic nitrogens is 2. The van der Waals surface area contributed by atoms with Gasteiger partial charge in [0.15, 0.2) is 11.5 Å². The van der Waals surface area contributed by atoms with Crippen LogP contribution in [0.15, 0.2) is 28.2 Å². The summed E-state index contributed by atoms with van der Waals surface area (Å²) < 4.78 is 6.87. The van der Waals surface area contributed by atoms with E-state index in [-0.39, 0.29) is 17.1 Å². The van der Waals surface area contributed by atoms with E-state index in [9.17, 15) is 15.2 Å². The molecule has 0 atom stereocenters. The number of nitriles is 1. The van der Waals surface area contributed by atoms with E-state index < -0.39 is 5.91 Å². The van der Waals surface area contributed by atoms with Crippen molar-refractivity contribution in [3.05, 3.63) is 45.2 Å². The minimum Gasteiger partial charge on any atom is -0.504 e. The molecule has 6 nitrogen and oxygen atoms in total. The number of phenols is 1. The second kappa shape index (κ2) is 6.67. The van der Waals surface area contributed by atoms with Gasteiger partial charge in [0.2, 0.25) is 0 Å². The number of ether oxygens (including phenoxy) is 1. The predicted octanol–water partition coefficient (Wildman–Crippen LogP) is 3.22. The van der Waals surface area contributed by atoms with E-state index in [2.05, 4.69) is 21.0 Å². The van der Waals surface area contributed by atoms with E-state index in [4.69, 9.17) is 4.74 Å². The third-order valence-electron chi connectivity index (χ3n) is 3.14. The maximum atomic E-state index is 12.5. The number of aryl methyl sites for hydroxylation is 2. The van der Waals surface area contributed by atoms with Crippen LogP contribution in [0.1, 0.15) is 21.7 Å². The zero-order valence-electron chi connectivity index (χ0n) is 12.8. The van der Waals surface area contributed by atoms with Crippen molar-refractivity contribution in [2.24, 2.45) is 0 Å². The summed E-state index contributed by atoms with van der Waals surface area (Å²) >= 11 is 3.29. The molecule has 23 heavy (non-hydrogen) atoms. The largest absolute Gasteiger partial charge is 0.504 e. The van der Waals surface area contributed by atoms with Crippen molar-refractivity contribution in [1.29, 1.82) is 5.26 Å². The Bertz CT molecular complexity index is 847. The molecule has 0 spiro atoms. The van der Waals surface area contributed by atoms with Gasteiger partial charge in [-0.1, -0.05) is 15.9 Å². The van der Waals surface area contributed by atoms with Crippen LogP contribution in [-0.2, 0) is 0 Å². The molecule has 1 N–H and O–H groups in total. The molecule has 0 bridgehead atoms. The minimum atomic E-state index is -0.559. The van der Waals surface area contributed by atoms with Crippen LogP contribution in [0.5, 0.6) is 11.5 Å². The highest BCUT2D eigenvalue weighted by atomic mass is 79.9. The molecule has 7 heteroatoms. The molecule has 1 aromatic carbocycles. The first-order valence-corrected chi connectivity index (χ1v) is 7.43. The van der Waals surface area contributed by atoms with Gasteiger partial charge in [-0.25, -0.2) is 4.68 Å². The molecule has 2 rings (SSSR count). The Kier molecular flexibility index (Phi) is 4.86. The standard InChI is InChI=1S/C16H14BrN3O3/c1-9-4-10(2)20(19-9)16(22)12(8-18)5-11-6-13(17)7-14(23-3)15(11)21/h4-7,21H,1-3H3/b12-5+. The third-order valence-corrected chi connectivity index (χ3v) is 3.60. The molecule has 1 aromatic heterocycles. The molecule has 0 radical (unpaired) electrons. The van der Waals surface area contributed by atoms with E-state index in [0.717, 1.165) is 4.68 Å². The van der Waals surface area contributed by atoms with E-state index in [0.29, 0.717) is 21.4 Å². The summed E-state index contributed by atoms with van der Waals surface area (Å²) in [5, 5.41) is 23.5. The summed E-state index contributed by atoms with van der Waals surface area (Å²) in [5.41, 5.74) is 1.46. The van der Waals surface area contributed by atoms with E-state index in [1.165, 1.54) is 13.2 Å². The molecule has 0 unspecified atom stereocenters. The van der Waals surface area contributed by atoms with Gasteiger partial charge in [-0.15, -0.1) is 0 Å². The summed E-state index contributed by atoms with van der Waals surface area (Å²) in [5.74, 6) is -0.470. The Hall–Kier alpha value is -2.59. The van der Waals surface area contributed by atoms with Crippen LogP contribution < -0.4 is 4.74 Å². The summed E-state index contributed by atoms with van der Waals surface area (Å²) in [6, 6.07) is 6.77. The Labute approximate surface area is 141 Å². The topological polar surface area (TPSA) is 88.1 Å². The Morgan fingerprint density at radius 3 is 2.65 bits per heavy atom. The Balaban J connectivity index is 2.52.